The first-order valence-electron chi connectivity index (χ1n) is 20.1. The molecular weight excluding hydrogens is 721 g/mol. The maximum absolute atomic E-state index is 6.36. The monoisotopic (exact) mass is 756 g/mol. The molecule has 0 saturated heterocycles. The fourth-order valence-corrected chi connectivity index (χ4v) is 9.34. The van der Waals surface area contributed by atoms with Gasteiger partial charge in [-0.25, -0.2) is 9.97 Å². The normalized spacial score (nSPS) is 13.1. The molecule has 0 fully saturated rings. The lowest BCUT2D eigenvalue weighted by Crippen LogP contribution is -2.14. The number of benzene rings is 8. The first kappa shape index (κ1) is 33.6. The largest absolute Gasteiger partial charge is 0.456 e. The highest BCUT2D eigenvalue weighted by Crippen LogP contribution is 2.50. The van der Waals surface area contributed by atoms with Gasteiger partial charge in [-0.3, -0.25) is 0 Å². The summed E-state index contributed by atoms with van der Waals surface area (Å²) < 4.78 is 12.6. The number of hydrogen-bond acceptors (Lipinski definition) is 4. The zero-order valence-corrected chi connectivity index (χ0v) is 32.5. The molecule has 0 N–H and O–H groups in total. The summed E-state index contributed by atoms with van der Waals surface area (Å²) in [5.74, 6) is 0.655. The lowest BCUT2D eigenvalue weighted by molar-refractivity contribution is 0.660. The molecule has 59 heavy (non-hydrogen) atoms. The molecule has 0 spiro atoms. The van der Waals surface area contributed by atoms with E-state index in [2.05, 4.69) is 166 Å². The standard InChI is InChI=1S/C55H36N2O2/c1-55(2)45-19-9-6-15-40(45)41-25-23-34(31-46(41)55)47-32-48(57-54(56-47)35-24-26-51-44(30-35)42-16-7-10-20-49(42)58-51)38-28-36(33-13-4-3-5-14-33)27-37(29-38)39-18-12-22-52-53(39)43-17-8-11-21-50(43)59-52/h3-32H,1-2H3. The van der Waals surface area contributed by atoms with E-state index in [1.807, 2.05) is 30.3 Å². The number of furan rings is 2. The predicted octanol–water partition coefficient (Wildman–Crippen LogP) is 14.9. The van der Waals surface area contributed by atoms with Gasteiger partial charge in [0.25, 0.3) is 0 Å². The Hall–Kier alpha value is -7.56. The van der Waals surface area contributed by atoms with Crippen molar-refractivity contribution in [1.29, 1.82) is 0 Å². The second kappa shape index (κ2) is 12.7. The smallest absolute Gasteiger partial charge is 0.160 e. The van der Waals surface area contributed by atoms with Crippen LogP contribution in [-0.4, -0.2) is 9.97 Å². The van der Waals surface area contributed by atoms with Crippen LogP contribution in [-0.2, 0) is 5.41 Å². The van der Waals surface area contributed by atoms with Crippen molar-refractivity contribution in [1.82, 2.24) is 9.97 Å². The number of para-hydroxylation sites is 2. The molecule has 3 heterocycles. The van der Waals surface area contributed by atoms with Crippen molar-refractivity contribution in [2.24, 2.45) is 0 Å². The Balaban J connectivity index is 1.10. The van der Waals surface area contributed by atoms with Crippen LogP contribution in [0, 0.1) is 0 Å². The lowest BCUT2D eigenvalue weighted by Gasteiger charge is -2.22. The second-order valence-corrected chi connectivity index (χ2v) is 16.1. The van der Waals surface area contributed by atoms with Crippen LogP contribution in [0.15, 0.2) is 191 Å². The summed E-state index contributed by atoms with van der Waals surface area (Å²) in [5, 5.41) is 4.31. The Kier molecular flexibility index (Phi) is 7.24. The third kappa shape index (κ3) is 5.30. The quantitative estimate of drug-likeness (QED) is 0.175. The SMILES string of the molecule is CC1(C)c2ccccc2-c2ccc(-c3cc(-c4cc(-c5ccccc5)cc(-c5cccc6oc7ccccc7c56)c4)nc(-c4ccc5oc6ccccc6c5c4)n3)cc21. The molecule has 12 rings (SSSR count). The van der Waals surface area contributed by atoms with Gasteiger partial charge in [0.1, 0.15) is 22.3 Å². The Morgan fingerprint density at radius 2 is 0.966 bits per heavy atom. The fraction of sp³-hybridized carbons (Fsp3) is 0.0545. The van der Waals surface area contributed by atoms with Crippen LogP contribution in [0.1, 0.15) is 25.0 Å². The highest BCUT2D eigenvalue weighted by molar-refractivity contribution is 6.13. The van der Waals surface area contributed by atoms with E-state index in [0.717, 1.165) is 94.2 Å². The summed E-state index contributed by atoms with van der Waals surface area (Å²) in [7, 11) is 0. The third-order valence-corrected chi connectivity index (χ3v) is 12.3. The van der Waals surface area contributed by atoms with Crippen molar-refractivity contribution < 1.29 is 8.83 Å². The zero-order valence-electron chi connectivity index (χ0n) is 32.5. The van der Waals surface area contributed by atoms with E-state index in [1.54, 1.807) is 0 Å². The Bertz CT molecular complexity index is 3480. The molecule has 3 aromatic heterocycles. The Morgan fingerprint density at radius 1 is 0.356 bits per heavy atom. The highest BCUT2D eigenvalue weighted by Gasteiger charge is 2.35. The summed E-state index contributed by atoms with van der Waals surface area (Å²) in [4.78, 5) is 10.8. The molecule has 278 valence electrons. The molecule has 0 saturated carbocycles. The molecule has 0 radical (unpaired) electrons. The summed E-state index contributed by atoms with van der Waals surface area (Å²) in [6.45, 7) is 4.65. The van der Waals surface area contributed by atoms with Gasteiger partial charge in [-0.1, -0.05) is 129 Å². The minimum atomic E-state index is -0.148. The number of nitrogens with zero attached hydrogens (tertiary/aromatic N) is 2. The fourth-order valence-electron chi connectivity index (χ4n) is 9.34. The number of fused-ring (bicyclic) bond motifs is 9. The van der Waals surface area contributed by atoms with Crippen molar-refractivity contribution in [2.45, 2.75) is 19.3 Å². The third-order valence-electron chi connectivity index (χ3n) is 12.3. The molecule has 4 nitrogen and oxygen atoms in total. The van der Waals surface area contributed by atoms with Gasteiger partial charge in [-0.2, -0.15) is 0 Å². The summed E-state index contributed by atoms with van der Waals surface area (Å²) in [5.41, 5.74) is 17.7. The molecule has 0 aliphatic heterocycles. The van der Waals surface area contributed by atoms with E-state index >= 15 is 0 Å². The lowest BCUT2D eigenvalue weighted by atomic mass is 9.82. The van der Waals surface area contributed by atoms with Crippen molar-refractivity contribution >= 4 is 43.9 Å². The summed E-state index contributed by atoms with van der Waals surface area (Å²) in [6, 6.07) is 64.3. The average molecular weight is 757 g/mol. The van der Waals surface area contributed by atoms with Gasteiger partial charge in [0, 0.05) is 43.7 Å². The van der Waals surface area contributed by atoms with Crippen molar-refractivity contribution in [3.8, 4) is 67.3 Å². The van der Waals surface area contributed by atoms with E-state index in [-0.39, 0.29) is 5.41 Å². The molecule has 1 aliphatic rings. The van der Waals surface area contributed by atoms with Crippen molar-refractivity contribution in [2.75, 3.05) is 0 Å². The van der Waals surface area contributed by atoms with Crippen LogP contribution in [0.3, 0.4) is 0 Å². The minimum absolute atomic E-state index is 0.148. The maximum Gasteiger partial charge on any atom is 0.160 e. The maximum atomic E-state index is 6.36. The summed E-state index contributed by atoms with van der Waals surface area (Å²) >= 11 is 0. The van der Waals surface area contributed by atoms with E-state index < -0.39 is 0 Å². The zero-order chi connectivity index (χ0) is 39.2. The van der Waals surface area contributed by atoms with Crippen molar-refractivity contribution in [3.63, 3.8) is 0 Å². The van der Waals surface area contributed by atoms with Gasteiger partial charge >= 0.3 is 0 Å². The van der Waals surface area contributed by atoms with Crippen LogP contribution in [0.25, 0.3) is 111 Å². The molecule has 0 amide bonds. The Morgan fingerprint density at radius 3 is 1.83 bits per heavy atom. The van der Waals surface area contributed by atoms with Gasteiger partial charge in [0.2, 0.25) is 0 Å². The number of aromatic nitrogens is 2. The van der Waals surface area contributed by atoms with E-state index in [1.165, 1.54) is 22.3 Å². The van der Waals surface area contributed by atoms with Crippen LogP contribution >= 0.6 is 0 Å². The van der Waals surface area contributed by atoms with Crippen LogP contribution < -0.4 is 0 Å². The van der Waals surface area contributed by atoms with Crippen LogP contribution in [0.4, 0.5) is 0 Å². The first-order chi connectivity index (χ1) is 29.0. The minimum Gasteiger partial charge on any atom is -0.456 e. The summed E-state index contributed by atoms with van der Waals surface area (Å²) in [6.07, 6.45) is 0. The van der Waals surface area contributed by atoms with E-state index in [9.17, 15) is 0 Å². The topological polar surface area (TPSA) is 52.1 Å². The van der Waals surface area contributed by atoms with Gasteiger partial charge in [-0.15, -0.1) is 0 Å². The molecule has 11 aromatic rings. The average Bonchev–Trinajstić information content (AvgIpc) is 3.93. The van der Waals surface area contributed by atoms with Gasteiger partial charge < -0.3 is 8.83 Å². The number of hydrogen-bond donors (Lipinski definition) is 0. The molecule has 1 aliphatic carbocycles. The van der Waals surface area contributed by atoms with E-state index in [0.29, 0.717) is 5.82 Å². The molecule has 0 unspecified atom stereocenters. The first-order valence-corrected chi connectivity index (χ1v) is 20.1. The van der Waals surface area contributed by atoms with Crippen LogP contribution in [0.5, 0.6) is 0 Å². The van der Waals surface area contributed by atoms with Gasteiger partial charge in [0.15, 0.2) is 5.82 Å². The molecular formula is C55H36N2O2. The van der Waals surface area contributed by atoms with E-state index in [4.69, 9.17) is 18.8 Å². The van der Waals surface area contributed by atoms with Crippen molar-refractivity contribution in [3.05, 3.63) is 193 Å². The van der Waals surface area contributed by atoms with Gasteiger partial charge in [-0.05, 0) is 111 Å². The van der Waals surface area contributed by atoms with Crippen LogP contribution in [0.2, 0.25) is 0 Å². The predicted molar refractivity (Wildman–Crippen MR) is 241 cm³/mol. The highest BCUT2D eigenvalue weighted by atomic mass is 16.3. The molecule has 0 bridgehead atoms. The number of rotatable bonds is 5. The second-order valence-electron chi connectivity index (χ2n) is 16.1. The Labute approximate surface area is 341 Å². The molecule has 8 aromatic carbocycles. The molecule has 0 atom stereocenters. The molecule has 4 heteroatoms. The van der Waals surface area contributed by atoms with Gasteiger partial charge in [0.05, 0.1) is 11.4 Å².